The van der Waals surface area contributed by atoms with E-state index in [-0.39, 0.29) is 23.8 Å². The summed E-state index contributed by atoms with van der Waals surface area (Å²) in [5.41, 5.74) is 2.55. The van der Waals surface area contributed by atoms with E-state index in [1.54, 1.807) is 4.90 Å². The summed E-state index contributed by atoms with van der Waals surface area (Å²) in [5, 5.41) is 18.9. The van der Waals surface area contributed by atoms with E-state index in [0.717, 1.165) is 93.8 Å². The number of carbonyl (C=O) groups is 3. The Morgan fingerprint density at radius 2 is 1.06 bits per heavy atom. The zero-order chi connectivity index (χ0) is 33.8. The average Bonchev–Trinajstić information content (AvgIpc) is 3.11. The van der Waals surface area contributed by atoms with Crippen molar-refractivity contribution in [2.24, 2.45) is 0 Å². The van der Waals surface area contributed by atoms with Crippen LogP contribution in [-0.4, -0.2) is 70.3 Å². The minimum Gasteiger partial charge on any atom is -0.369 e. The maximum absolute atomic E-state index is 14.0. The molecule has 3 aliphatic rings. The van der Waals surface area contributed by atoms with Crippen LogP contribution in [0.15, 0.2) is 48.5 Å². The van der Waals surface area contributed by atoms with Crippen LogP contribution in [0.3, 0.4) is 0 Å². The van der Waals surface area contributed by atoms with Crippen LogP contribution in [-0.2, 0) is 0 Å². The Morgan fingerprint density at radius 1 is 0.592 bits per heavy atom. The third-order valence-electron chi connectivity index (χ3n) is 11.7. The molecule has 3 heterocycles. The van der Waals surface area contributed by atoms with Crippen molar-refractivity contribution in [3.63, 3.8) is 0 Å². The molecule has 7 heteroatoms. The first kappa shape index (κ1) is 32.2. The normalized spacial score (nSPS) is 18.8. The Morgan fingerprint density at radius 3 is 1.61 bits per heavy atom. The van der Waals surface area contributed by atoms with Gasteiger partial charge in [0.1, 0.15) is 0 Å². The zero-order valence-electron chi connectivity index (χ0n) is 28.9. The molecule has 8 rings (SSSR count). The molecule has 0 saturated carbocycles. The van der Waals surface area contributed by atoms with Gasteiger partial charge >= 0.3 is 0 Å². The highest BCUT2D eigenvalue weighted by molar-refractivity contribution is 6.39. The van der Waals surface area contributed by atoms with Crippen molar-refractivity contribution in [2.45, 2.75) is 96.2 Å². The summed E-state index contributed by atoms with van der Waals surface area (Å²) in [4.78, 5) is 47.3. The number of benzene rings is 5. The topological polar surface area (TPSA) is 81.2 Å². The first-order valence-corrected chi connectivity index (χ1v) is 18.7. The third-order valence-corrected chi connectivity index (χ3v) is 11.7. The first-order valence-electron chi connectivity index (χ1n) is 18.7. The summed E-state index contributed by atoms with van der Waals surface area (Å²) < 4.78 is 0. The van der Waals surface area contributed by atoms with Gasteiger partial charge in [-0.25, -0.2) is 0 Å². The molecule has 0 radical (unpaired) electrons. The first-order chi connectivity index (χ1) is 23.9. The van der Waals surface area contributed by atoms with E-state index in [4.69, 9.17) is 0 Å². The Bertz CT molecular complexity index is 2030. The van der Waals surface area contributed by atoms with Crippen LogP contribution in [0.2, 0.25) is 0 Å². The van der Waals surface area contributed by atoms with E-state index >= 15 is 0 Å². The fourth-order valence-electron chi connectivity index (χ4n) is 9.03. The Balaban J connectivity index is 1.11. The second-order valence-electron chi connectivity index (χ2n) is 14.8. The van der Waals surface area contributed by atoms with E-state index in [1.807, 2.05) is 48.5 Å². The fourth-order valence-corrected chi connectivity index (χ4v) is 9.03. The maximum atomic E-state index is 14.0. The highest BCUT2D eigenvalue weighted by Crippen LogP contribution is 2.47. The second-order valence-corrected chi connectivity index (χ2v) is 14.8. The van der Waals surface area contributed by atoms with Gasteiger partial charge < -0.3 is 14.9 Å². The highest BCUT2D eigenvalue weighted by Gasteiger charge is 2.40. The van der Waals surface area contributed by atoms with Crippen molar-refractivity contribution >= 4 is 60.8 Å². The number of piperidine rings is 1. The summed E-state index contributed by atoms with van der Waals surface area (Å²) in [5.74, 6) is -0.535. The van der Waals surface area contributed by atoms with E-state index < -0.39 is 6.23 Å². The Hall–Kier alpha value is -4.07. The average molecular weight is 658 g/mol. The molecule has 1 unspecified atom stereocenters. The molecule has 1 N–H and O–H groups in total. The number of aliphatic hydroxyl groups is 1. The van der Waals surface area contributed by atoms with Crippen LogP contribution in [0.1, 0.15) is 127 Å². The number of hydrogen-bond acceptors (Lipinski definition) is 5. The number of fused-ring (bicyclic) bond motifs is 2. The standard InChI is InChI=1S/C42H47N3O4/c1-3-4-5-6-7-8-9-10-11-12-23-44-39(46)31-17-13-27-29-15-19-33-38-34(42(49)45(41(33)48)26-21-24-43(2)25-22-26)20-16-30(36(29)38)28-14-18-32(40(44)47)37(31)35(27)28/h13-20,26,39,46H,3-12,21-25H2,1-2H3. The van der Waals surface area contributed by atoms with Crippen molar-refractivity contribution in [1.29, 1.82) is 0 Å². The minimum absolute atomic E-state index is 0.0999. The predicted molar refractivity (Wildman–Crippen MR) is 197 cm³/mol. The molecule has 7 nitrogen and oxygen atoms in total. The van der Waals surface area contributed by atoms with Gasteiger partial charge in [-0.3, -0.25) is 19.3 Å². The molecule has 49 heavy (non-hydrogen) atoms. The van der Waals surface area contributed by atoms with Crippen LogP contribution in [0.5, 0.6) is 0 Å². The number of unbranched alkanes of at least 4 members (excludes halogenated alkanes) is 9. The lowest BCUT2D eigenvalue weighted by atomic mass is 9.81. The smallest absolute Gasteiger partial charge is 0.261 e. The zero-order valence-corrected chi connectivity index (χ0v) is 28.9. The van der Waals surface area contributed by atoms with Crippen LogP contribution in [0.25, 0.3) is 43.1 Å². The van der Waals surface area contributed by atoms with Crippen LogP contribution in [0, 0.1) is 0 Å². The fraction of sp³-hybridized carbons (Fsp3) is 0.452. The van der Waals surface area contributed by atoms with Crippen LogP contribution in [0.4, 0.5) is 0 Å². The highest BCUT2D eigenvalue weighted by atomic mass is 16.3. The molecule has 0 bridgehead atoms. The molecule has 0 aliphatic carbocycles. The lowest BCUT2D eigenvalue weighted by Gasteiger charge is -2.38. The second kappa shape index (κ2) is 13.0. The van der Waals surface area contributed by atoms with Gasteiger partial charge in [0.05, 0.1) is 0 Å². The van der Waals surface area contributed by atoms with Gasteiger partial charge in [0.25, 0.3) is 17.7 Å². The maximum Gasteiger partial charge on any atom is 0.261 e. The summed E-state index contributed by atoms with van der Waals surface area (Å²) in [6.07, 6.45) is 12.7. The number of likely N-dealkylation sites (tertiary alicyclic amines) is 1. The Labute approximate surface area is 288 Å². The van der Waals surface area contributed by atoms with Gasteiger partial charge in [-0.1, -0.05) is 95.0 Å². The number of hydrogen-bond donors (Lipinski definition) is 1. The van der Waals surface area contributed by atoms with Crippen molar-refractivity contribution < 1.29 is 19.5 Å². The molecular weight excluding hydrogens is 610 g/mol. The molecule has 5 aromatic rings. The van der Waals surface area contributed by atoms with E-state index in [9.17, 15) is 19.5 Å². The lowest BCUT2D eigenvalue weighted by molar-refractivity contribution is 0.00418. The van der Waals surface area contributed by atoms with Crippen LogP contribution >= 0.6 is 0 Å². The summed E-state index contributed by atoms with van der Waals surface area (Å²) >= 11 is 0. The molecular formula is C42H47N3O4. The quantitative estimate of drug-likeness (QED) is 0.0628. The van der Waals surface area contributed by atoms with Gasteiger partial charge in [-0.05, 0) is 89.9 Å². The molecule has 1 atom stereocenters. The largest absolute Gasteiger partial charge is 0.369 e. The van der Waals surface area contributed by atoms with E-state index in [2.05, 4.69) is 18.9 Å². The number of rotatable bonds is 12. The van der Waals surface area contributed by atoms with Gasteiger partial charge in [0.15, 0.2) is 6.23 Å². The Kier molecular flexibility index (Phi) is 8.53. The monoisotopic (exact) mass is 657 g/mol. The summed E-state index contributed by atoms with van der Waals surface area (Å²) in [7, 11) is 2.08. The van der Waals surface area contributed by atoms with Gasteiger partial charge in [0.2, 0.25) is 0 Å². The number of carbonyl (C=O) groups excluding carboxylic acids is 3. The number of aliphatic hydroxyl groups excluding tert-OH is 1. The minimum atomic E-state index is -1.000. The molecule has 0 aromatic heterocycles. The van der Waals surface area contributed by atoms with Gasteiger partial charge in [-0.15, -0.1) is 0 Å². The van der Waals surface area contributed by atoms with Crippen LogP contribution < -0.4 is 0 Å². The van der Waals surface area contributed by atoms with E-state index in [1.165, 1.54) is 49.8 Å². The number of imide groups is 1. The van der Waals surface area contributed by atoms with Gasteiger partial charge in [0, 0.05) is 45.6 Å². The van der Waals surface area contributed by atoms with Crippen molar-refractivity contribution in [2.75, 3.05) is 26.7 Å². The predicted octanol–water partition coefficient (Wildman–Crippen LogP) is 8.80. The lowest BCUT2D eigenvalue weighted by Crippen LogP contribution is -2.51. The molecule has 3 aliphatic heterocycles. The van der Waals surface area contributed by atoms with E-state index in [0.29, 0.717) is 23.2 Å². The molecule has 3 amide bonds. The molecule has 254 valence electrons. The molecule has 0 spiro atoms. The molecule has 1 saturated heterocycles. The number of amides is 3. The SMILES string of the molecule is CCCCCCCCCCCCN1C(=O)c2ccc3c4ccc5c6c(ccc(c7ccc(c2c37)C1O)c64)C(=O)N(C1CCN(C)CC1)C5=O. The van der Waals surface area contributed by atoms with Crippen molar-refractivity contribution in [3.05, 3.63) is 70.8 Å². The molecule has 1 fully saturated rings. The third kappa shape index (κ3) is 5.20. The van der Waals surface area contributed by atoms with Gasteiger partial charge in [-0.2, -0.15) is 0 Å². The number of nitrogens with zero attached hydrogens (tertiary/aromatic N) is 3. The summed E-state index contributed by atoms with van der Waals surface area (Å²) in [6.45, 7) is 4.50. The molecule has 5 aromatic carbocycles. The van der Waals surface area contributed by atoms with Crippen molar-refractivity contribution in [3.8, 4) is 0 Å². The van der Waals surface area contributed by atoms with Crippen molar-refractivity contribution in [1.82, 2.24) is 14.7 Å². The summed E-state index contributed by atoms with van der Waals surface area (Å²) in [6, 6.07) is 15.6.